The highest BCUT2D eigenvalue weighted by Crippen LogP contribution is 2.21. The highest BCUT2D eigenvalue weighted by molar-refractivity contribution is 9.10. The zero-order valence-corrected chi connectivity index (χ0v) is 13.1. The van der Waals surface area contributed by atoms with Gasteiger partial charge in [0.05, 0.1) is 0 Å². The summed E-state index contributed by atoms with van der Waals surface area (Å²) in [7, 11) is 0. The fourth-order valence-electron chi connectivity index (χ4n) is 1.79. The lowest BCUT2D eigenvalue weighted by atomic mass is 10.1. The van der Waals surface area contributed by atoms with E-state index >= 15 is 0 Å². The van der Waals surface area contributed by atoms with Crippen molar-refractivity contribution in [3.63, 3.8) is 0 Å². The molecule has 2 N–H and O–H groups in total. The van der Waals surface area contributed by atoms with Gasteiger partial charge in [0.1, 0.15) is 11.6 Å². The lowest BCUT2D eigenvalue weighted by Crippen LogP contribution is -2.26. The number of thioether (sulfide) groups is 1. The second-order valence-electron chi connectivity index (χ2n) is 4.47. The molecule has 2 rings (SSSR count). The molecule has 5 heteroatoms. The van der Waals surface area contributed by atoms with Crippen LogP contribution in [0.15, 0.2) is 51.8 Å². The Morgan fingerprint density at radius 3 is 2.65 bits per heavy atom. The number of halogens is 3. The Balaban J connectivity index is 1.90. The van der Waals surface area contributed by atoms with Gasteiger partial charge < -0.3 is 5.73 Å². The van der Waals surface area contributed by atoms with Crippen molar-refractivity contribution in [2.45, 2.75) is 17.4 Å². The molecule has 0 spiro atoms. The molecule has 2 aromatic carbocycles. The third-order valence-corrected chi connectivity index (χ3v) is 4.43. The topological polar surface area (TPSA) is 26.0 Å². The smallest absolute Gasteiger partial charge is 0.127 e. The van der Waals surface area contributed by atoms with E-state index in [9.17, 15) is 8.78 Å². The van der Waals surface area contributed by atoms with Gasteiger partial charge in [0.15, 0.2) is 0 Å². The Morgan fingerprint density at radius 2 is 1.95 bits per heavy atom. The van der Waals surface area contributed by atoms with Gasteiger partial charge in [0.25, 0.3) is 0 Å². The van der Waals surface area contributed by atoms with Gasteiger partial charge in [-0.25, -0.2) is 8.78 Å². The summed E-state index contributed by atoms with van der Waals surface area (Å²) >= 11 is 4.69. The largest absolute Gasteiger partial charge is 0.327 e. The second kappa shape index (κ2) is 7.20. The van der Waals surface area contributed by atoms with E-state index in [0.29, 0.717) is 22.2 Å². The summed E-state index contributed by atoms with van der Waals surface area (Å²) in [6, 6.07) is 11.1. The Kier molecular flexibility index (Phi) is 5.57. The fraction of sp³-hybridized carbons (Fsp3) is 0.200. The van der Waals surface area contributed by atoms with Gasteiger partial charge in [0.2, 0.25) is 0 Å². The lowest BCUT2D eigenvalue weighted by Gasteiger charge is -2.12. The highest BCUT2D eigenvalue weighted by Gasteiger charge is 2.09. The summed E-state index contributed by atoms with van der Waals surface area (Å²) < 4.78 is 27.4. The molecular formula is C15H14BrF2NS. The SMILES string of the molecule is NC(CSc1cccc(F)c1)Cc1ccc(Br)cc1F. The molecule has 0 fully saturated rings. The third kappa shape index (κ3) is 4.58. The molecule has 0 radical (unpaired) electrons. The van der Waals surface area contributed by atoms with Gasteiger partial charge in [-0.2, -0.15) is 0 Å². The number of rotatable bonds is 5. The van der Waals surface area contributed by atoms with Gasteiger partial charge in [0, 0.05) is 21.2 Å². The van der Waals surface area contributed by atoms with Crippen molar-refractivity contribution in [2.24, 2.45) is 5.73 Å². The van der Waals surface area contributed by atoms with Crippen molar-refractivity contribution in [3.05, 3.63) is 64.1 Å². The molecule has 0 aliphatic carbocycles. The zero-order valence-electron chi connectivity index (χ0n) is 10.7. The summed E-state index contributed by atoms with van der Waals surface area (Å²) in [5, 5.41) is 0. The van der Waals surface area contributed by atoms with Gasteiger partial charge >= 0.3 is 0 Å². The van der Waals surface area contributed by atoms with Crippen molar-refractivity contribution in [2.75, 3.05) is 5.75 Å². The highest BCUT2D eigenvalue weighted by atomic mass is 79.9. The lowest BCUT2D eigenvalue weighted by molar-refractivity contribution is 0.596. The van der Waals surface area contributed by atoms with E-state index in [1.165, 1.54) is 30.0 Å². The fourth-order valence-corrected chi connectivity index (χ4v) is 3.02. The molecule has 0 saturated heterocycles. The standard InChI is InChI=1S/C15H14BrF2NS/c16-11-5-4-10(15(18)7-11)6-13(19)9-20-14-3-1-2-12(17)8-14/h1-5,7-8,13H,6,9,19H2. The van der Waals surface area contributed by atoms with Crippen LogP contribution in [0.2, 0.25) is 0 Å². The summed E-state index contributed by atoms with van der Waals surface area (Å²) in [5.74, 6) is 0.0898. The molecule has 1 atom stereocenters. The second-order valence-corrected chi connectivity index (χ2v) is 6.48. The quantitative estimate of drug-likeness (QED) is 0.803. The van der Waals surface area contributed by atoms with E-state index in [1.54, 1.807) is 18.2 Å². The first-order valence-electron chi connectivity index (χ1n) is 6.12. The zero-order chi connectivity index (χ0) is 14.5. The maximum absolute atomic E-state index is 13.7. The van der Waals surface area contributed by atoms with Gasteiger partial charge in [-0.15, -0.1) is 11.8 Å². The molecule has 1 unspecified atom stereocenters. The van der Waals surface area contributed by atoms with Crippen LogP contribution in [0.1, 0.15) is 5.56 Å². The molecule has 2 aromatic rings. The molecule has 0 aliphatic heterocycles. The van der Waals surface area contributed by atoms with Crippen LogP contribution in [0, 0.1) is 11.6 Å². The molecule has 1 nitrogen and oxygen atoms in total. The van der Waals surface area contributed by atoms with Crippen LogP contribution in [0.5, 0.6) is 0 Å². The van der Waals surface area contributed by atoms with Crippen LogP contribution in [0.3, 0.4) is 0 Å². The Labute approximate surface area is 129 Å². The molecule has 0 saturated carbocycles. The molecule has 0 aliphatic rings. The first-order chi connectivity index (χ1) is 9.54. The van der Waals surface area contributed by atoms with Crippen LogP contribution >= 0.6 is 27.7 Å². The average Bonchev–Trinajstić information content (AvgIpc) is 2.40. The van der Waals surface area contributed by atoms with E-state index in [0.717, 1.165) is 4.90 Å². The maximum atomic E-state index is 13.7. The minimum atomic E-state index is -0.262. The average molecular weight is 358 g/mol. The Bertz CT molecular complexity index is 592. The van der Waals surface area contributed by atoms with Crippen LogP contribution in [0.4, 0.5) is 8.78 Å². The predicted octanol–water partition coefficient (Wildman–Crippen LogP) is 4.39. The number of hydrogen-bond donors (Lipinski definition) is 1. The normalized spacial score (nSPS) is 12.4. The summed E-state index contributed by atoms with van der Waals surface area (Å²) in [4.78, 5) is 0.830. The molecule has 0 bridgehead atoms. The Hall–Kier alpha value is -0.910. The van der Waals surface area contributed by atoms with Crippen molar-refractivity contribution in [1.29, 1.82) is 0 Å². The first kappa shape index (κ1) is 15.5. The van der Waals surface area contributed by atoms with Crippen LogP contribution in [0.25, 0.3) is 0 Å². The number of nitrogens with two attached hydrogens (primary N) is 1. The van der Waals surface area contributed by atoms with Crippen LogP contribution in [-0.4, -0.2) is 11.8 Å². The molecule has 0 amide bonds. The van der Waals surface area contributed by atoms with Crippen molar-refractivity contribution in [3.8, 4) is 0 Å². The number of hydrogen-bond acceptors (Lipinski definition) is 2. The molecule has 106 valence electrons. The third-order valence-electron chi connectivity index (χ3n) is 2.76. The minimum absolute atomic E-state index is 0.182. The molecular weight excluding hydrogens is 344 g/mol. The van der Waals surface area contributed by atoms with Gasteiger partial charge in [-0.1, -0.05) is 28.1 Å². The van der Waals surface area contributed by atoms with Crippen LogP contribution in [-0.2, 0) is 6.42 Å². The van der Waals surface area contributed by atoms with Crippen molar-refractivity contribution < 1.29 is 8.78 Å². The Morgan fingerprint density at radius 1 is 1.15 bits per heavy atom. The minimum Gasteiger partial charge on any atom is -0.327 e. The van der Waals surface area contributed by atoms with Crippen LogP contribution < -0.4 is 5.73 Å². The number of benzene rings is 2. The van der Waals surface area contributed by atoms with E-state index in [4.69, 9.17) is 5.73 Å². The molecule has 0 aromatic heterocycles. The monoisotopic (exact) mass is 357 g/mol. The maximum Gasteiger partial charge on any atom is 0.127 e. The van der Waals surface area contributed by atoms with Crippen molar-refractivity contribution >= 4 is 27.7 Å². The van der Waals surface area contributed by atoms with E-state index in [1.807, 2.05) is 6.07 Å². The van der Waals surface area contributed by atoms with E-state index in [-0.39, 0.29) is 17.7 Å². The first-order valence-corrected chi connectivity index (χ1v) is 7.90. The summed E-state index contributed by atoms with van der Waals surface area (Å²) in [6.07, 6.45) is 0.460. The van der Waals surface area contributed by atoms with E-state index < -0.39 is 0 Å². The summed E-state index contributed by atoms with van der Waals surface area (Å²) in [5.41, 5.74) is 6.60. The predicted molar refractivity (Wildman–Crippen MR) is 82.9 cm³/mol. The molecule has 0 heterocycles. The van der Waals surface area contributed by atoms with Crippen molar-refractivity contribution in [1.82, 2.24) is 0 Å². The van der Waals surface area contributed by atoms with E-state index in [2.05, 4.69) is 15.9 Å². The summed E-state index contributed by atoms with van der Waals surface area (Å²) in [6.45, 7) is 0. The molecule has 20 heavy (non-hydrogen) atoms. The van der Waals surface area contributed by atoms with Gasteiger partial charge in [-0.3, -0.25) is 0 Å². The van der Waals surface area contributed by atoms with Gasteiger partial charge in [-0.05, 0) is 42.3 Å².